The Labute approximate surface area is 175 Å². The number of ether oxygens (including phenoxy) is 1. The Kier molecular flexibility index (Phi) is 6.40. The molecule has 7 heteroatoms. The summed E-state index contributed by atoms with van der Waals surface area (Å²) in [5.74, 6) is -1.37. The van der Waals surface area contributed by atoms with Gasteiger partial charge in [-0.2, -0.15) is 0 Å². The maximum absolute atomic E-state index is 12.1. The van der Waals surface area contributed by atoms with Gasteiger partial charge in [0, 0.05) is 12.5 Å². The SMILES string of the molecule is CC(C)(CNC(=O)CNC(=O)OCC1c2ccccc2-c2ccccc21)CC(=O)O. The van der Waals surface area contributed by atoms with Crippen molar-refractivity contribution in [1.29, 1.82) is 0 Å². The highest BCUT2D eigenvalue weighted by Crippen LogP contribution is 2.44. The lowest BCUT2D eigenvalue weighted by molar-refractivity contribution is -0.139. The van der Waals surface area contributed by atoms with Crippen LogP contribution in [-0.4, -0.2) is 42.8 Å². The number of hydrogen-bond acceptors (Lipinski definition) is 4. The third kappa shape index (κ3) is 5.17. The Morgan fingerprint density at radius 3 is 2.10 bits per heavy atom. The number of amides is 2. The van der Waals surface area contributed by atoms with Crippen molar-refractivity contribution >= 4 is 18.0 Å². The summed E-state index contributed by atoms with van der Waals surface area (Å²) >= 11 is 0. The normalized spacial score (nSPS) is 12.6. The van der Waals surface area contributed by atoms with E-state index < -0.39 is 23.4 Å². The average molecular weight is 410 g/mol. The zero-order valence-electron chi connectivity index (χ0n) is 17.1. The maximum Gasteiger partial charge on any atom is 0.407 e. The van der Waals surface area contributed by atoms with Gasteiger partial charge in [0.2, 0.25) is 5.91 Å². The van der Waals surface area contributed by atoms with E-state index in [9.17, 15) is 14.4 Å². The molecule has 3 rings (SSSR count). The first-order chi connectivity index (χ1) is 14.3. The van der Waals surface area contributed by atoms with Crippen LogP contribution in [0.15, 0.2) is 48.5 Å². The highest BCUT2D eigenvalue weighted by Gasteiger charge is 2.29. The molecule has 0 unspecified atom stereocenters. The molecule has 0 radical (unpaired) electrons. The smallest absolute Gasteiger partial charge is 0.407 e. The van der Waals surface area contributed by atoms with Crippen molar-refractivity contribution in [2.75, 3.05) is 19.7 Å². The minimum absolute atomic E-state index is 0.0474. The Bertz CT molecular complexity index is 909. The lowest BCUT2D eigenvalue weighted by Gasteiger charge is -2.22. The lowest BCUT2D eigenvalue weighted by atomic mass is 9.89. The summed E-state index contributed by atoms with van der Waals surface area (Å²) < 4.78 is 5.38. The summed E-state index contributed by atoms with van der Waals surface area (Å²) in [6, 6.07) is 16.1. The van der Waals surface area contributed by atoms with E-state index in [-0.39, 0.29) is 32.0 Å². The second-order valence-electron chi connectivity index (χ2n) is 8.19. The molecule has 0 aromatic heterocycles. The molecule has 0 heterocycles. The van der Waals surface area contributed by atoms with Gasteiger partial charge in [0.05, 0.1) is 13.0 Å². The number of aliphatic carboxylic acids is 1. The van der Waals surface area contributed by atoms with Gasteiger partial charge in [0.1, 0.15) is 6.61 Å². The molecule has 2 amide bonds. The Balaban J connectivity index is 1.49. The first-order valence-electron chi connectivity index (χ1n) is 9.84. The maximum atomic E-state index is 12.1. The van der Waals surface area contributed by atoms with Gasteiger partial charge in [-0.15, -0.1) is 0 Å². The number of carbonyl (C=O) groups is 3. The predicted molar refractivity (Wildman–Crippen MR) is 112 cm³/mol. The summed E-state index contributed by atoms with van der Waals surface area (Å²) in [5.41, 5.74) is 3.94. The number of carboxylic acids is 1. The monoisotopic (exact) mass is 410 g/mol. The second kappa shape index (κ2) is 8.98. The molecule has 7 nitrogen and oxygen atoms in total. The van der Waals surface area contributed by atoms with Crippen LogP contribution in [0.5, 0.6) is 0 Å². The highest BCUT2D eigenvalue weighted by molar-refractivity contribution is 5.82. The molecule has 1 aliphatic carbocycles. The molecule has 2 aromatic carbocycles. The number of fused-ring (bicyclic) bond motifs is 3. The molecule has 0 bridgehead atoms. The fraction of sp³-hybridized carbons (Fsp3) is 0.348. The van der Waals surface area contributed by atoms with Crippen molar-refractivity contribution in [2.45, 2.75) is 26.2 Å². The molecule has 158 valence electrons. The minimum Gasteiger partial charge on any atom is -0.481 e. The van der Waals surface area contributed by atoms with Crippen molar-refractivity contribution in [3.63, 3.8) is 0 Å². The molecule has 0 saturated carbocycles. The number of rotatable bonds is 8. The van der Waals surface area contributed by atoms with E-state index in [2.05, 4.69) is 22.8 Å². The number of carbonyl (C=O) groups excluding carboxylic acids is 2. The van der Waals surface area contributed by atoms with Crippen LogP contribution in [0.2, 0.25) is 0 Å². The van der Waals surface area contributed by atoms with Crippen LogP contribution < -0.4 is 10.6 Å². The largest absolute Gasteiger partial charge is 0.481 e. The number of nitrogens with one attached hydrogen (secondary N) is 2. The van der Waals surface area contributed by atoms with Crippen LogP contribution in [-0.2, 0) is 14.3 Å². The molecule has 0 saturated heterocycles. The summed E-state index contributed by atoms with van der Waals surface area (Å²) in [6.45, 7) is 3.64. The Hall–Kier alpha value is -3.35. The first kappa shape index (κ1) is 21.4. The van der Waals surface area contributed by atoms with Gasteiger partial charge in [-0.25, -0.2) is 4.79 Å². The highest BCUT2D eigenvalue weighted by atomic mass is 16.5. The molecule has 0 spiro atoms. The molecular formula is C23H26N2O5. The van der Waals surface area contributed by atoms with Gasteiger partial charge >= 0.3 is 12.1 Å². The molecule has 3 N–H and O–H groups in total. The Morgan fingerprint density at radius 2 is 1.53 bits per heavy atom. The summed E-state index contributed by atoms with van der Waals surface area (Å²) in [4.78, 5) is 34.8. The minimum atomic E-state index is -0.925. The van der Waals surface area contributed by atoms with Crippen LogP contribution in [0.3, 0.4) is 0 Å². The van der Waals surface area contributed by atoms with E-state index in [1.54, 1.807) is 13.8 Å². The van der Waals surface area contributed by atoms with E-state index in [0.29, 0.717) is 0 Å². The summed E-state index contributed by atoms with van der Waals surface area (Å²) in [7, 11) is 0. The molecule has 2 aromatic rings. The molecular weight excluding hydrogens is 384 g/mol. The van der Waals surface area contributed by atoms with Crippen molar-refractivity contribution in [1.82, 2.24) is 10.6 Å². The van der Waals surface area contributed by atoms with Crippen molar-refractivity contribution < 1.29 is 24.2 Å². The van der Waals surface area contributed by atoms with E-state index in [1.165, 1.54) is 0 Å². The van der Waals surface area contributed by atoms with Crippen molar-refractivity contribution in [3.8, 4) is 11.1 Å². The molecule has 1 aliphatic rings. The number of hydrogen-bond donors (Lipinski definition) is 3. The van der Waals surface area contributed by atoms with Gasteiger partial charge in [-0.3, -0.25) is 9.59 Å². The number of benzene rings is 2. The van der Waals surface area contributed by atoms with Crippen LogP contribution in [0.4, 0.5) is 4.79 Å². The zero-order valence-corrected chi connectivity index (χ0v) is 17.1. The van der Waals surface area contributed by atoms with Crippen LogP contribution in [0, 0.1) is 5.41 Å². The van der Waals surface area contributed by atoms with Gasteiger partial charge in [0.15, 0.2) is 0 Å². The molecule has 0 fully saturated rings. The van der Waals surface area contributed by atoms with Gasteiger partial charge in [-0.05, 0) is 27.7 Å². The van der Waals surface area contributed by atoms with E-state index in [4.69, 9.17) is 9.84 Å². The average Bonchev–Trinajstić information content (AvgIpc) is 3.02. The predicted octanol–water partition coefficient (Wildman–Crippen LogP) is 3.14. The summed E-state index contributed by atoms with van der Waals surface area (Å²) in [5, 5.41) is 14.0. The third-order valence-corrected chi connectivity index (χ3v) is 5.13. The van der Waals surface area contributed by atoms with Gasteiger partial charge in [-0.1, -0.05) is 62.4 Å². The lowest BCUT2D eigenvalue weighted by Crippen LogP contribution is -2.41. The van der Waals surface area contributed by atoms with Gasteiger partial charge in [0.25, 0.3) is 0 Å². The Morgan fingerprint density at radius 1 is 0.967 bits per heavy atom. The van der Waals surface area contributed by atoms with Crippen LogP contribution in [0.25, 0.3) is 11.1 Å². The van der Waals surface area contributed by atoms with Gasteiger partial charge < -0.3 is 20.5 Å². The number of carboxylic acid groups (broad SMARTS) is 1. The van der Waals surface area contributed by atoms with Crippen molar-refractivity contribution in [3.05, 3.63) is 59.7 Å². The fourth-order valence-corrected chi connectivity index (χ4v) is 3.67. The van der Waals surface area contributed by atoms with E-state index >= 15 is 0 Å². The second-order valence-corrected chi connectivity index (χ2v) is 8.19. The quantitative estimate of drug-likeness (QED) is 0.620. The molecule has 0 atom stereocenters. The fourth-order valence-electron chi connectivity index (χ4n) is 3.67. The van der Waals surface area contributed by atoms with E-state index in [0.717, 1.165) is 22.3 Å². The van der Waals surface area contributed by atoms with Crippen LogP contribution >= 0.6 is 0 Å². The summed E-state index contributed by atoms with van der Waals surface area (Å²) in [6.07, 6.45) is -0.732. The van der Waals surface area contributed by atoms with Crippen molar-refractivity contribution in [2.24, 2.45) is 5.41 Å². The molecule has 0 aliphatic heterocycles. The standard InChI is InChI=1S/C23H26N2O5/c1-23(2,11-21(27)28)14-25-20(26)12-24-22(29)30-13-19-17-9-5-3-7-15(17)16-8-4-6-10-18(16)19/h3-10,19H,11-14H2,1-2H3,(H,24,29)(H,25,26)(H,27,28). The third-order valence-electron chi connectivity index (χ3n) is 5.13. The van der Waals surface area contributed by atoms with E-state index in [1.807, 2.05) is 36.4 Å². The first-order valence-corrected chi connectivity index (χ1v) is 9.84. The molecule has 30 heavy (non-hydrogen) atoms. The van der Waals surface area contributed by atoms with Crippen LogP contribution in [0.1, 0.15) is 37.3 Å². The topological polar surface area (TPSA) is 105 Å². The zero-order chi connectivity index (χ0) is 21.7. The number of alkyl carbamates (subject to hydrolysis) is 1.